The Morgan fingerprint density at radius 3 is 3.00 bits per heavy atom. The van der Waals surface area contributed by atoms with Crippen LogP contribution in [0.5, 0.6) is 5.75 Å². The zero-order valence-electron chi connectivity index (χ0n) is 15.3. The number of benzene rings is 1. The van der Waals surface area contributed by atoms with Crippen LogP contribution < -0.4 is 10.1 Å². The molecule has 2 N–H and O–H groups in total. The second-order valence-electron chi connectivity index (χ2n) is 6.76. The van der Waals surface area contributed by atoms with E-state index in [0.29, 0.717) is 19.2 Å². The van der Waals surface area contributed by atoms with Crippen molar-refractivity contribution in [1.82, 2.24) is 20.1 Å². The van der Waals surface area contributed by atoms with Crippen molar-refractivity contribution in [3.05, 3.63) is 30.0 Å². The van der Waals surface area contributed by atoms with Gasteiger partial charge in [-0.3, -0.25) is 0 Å². The van der Waals surface area contributed by atoms with Crippen LogP contribution in [0.3, 0.4) is 0 Å². The van der Waals surface area contributed by atoms with Gasteiger partial charge in [0.15, 0.2) is 0 Å². The quantitative estimate of drug-likeness (QED) is 0.846. The van der Waals surface area contributed by atoms with Crippen molar-refractivity contribution in [2.75, 3.05) is 40.3 Å². The zero-order chi connectivity index (χ0) is 17.8. The number of urea groups is 1. The molecule has 1 unspecified atom stereocenters. The van der Waals surface area contributed by atoms with E-state index < -0.39 is 0 Å². The highest BCUT2D eigenvalue weighted by atomic mass is 16.5. The summed E-state index contributed by atoms with van der Waals surface area (Å²) in [5.41, 5.74) is 2.24. The molecule has 3 rings (SSSR count). The molecule has 1 fully saturated rings. The minimum atomic E-state index is 0.0363. The average Bonchev–Trinajstić information content (AvgIpc) is 3.23. The average molecular weight is 344 g/mol. The first-order valence-corrected chi connectivity index (χ1v) is 9.01. The third-order valence-corrected chi connectivity index (χ3v) is 4.90. The molecular formula is C19H28N4O2. The molecule has 1 aliphatic heterocycles. The highest BCUT2D eigenvalue weighted by Gasteiger charge is 2.27. The molecule has 2 amide bonds. The van der Waals surface area contributed by atoms with E-state index in [1.807, 2.05) is 36.2 Å². The number of nitrogens with zero attached hydrogens (tertiary/aromatic N) is 2. The zero-order valence-corrected chi connectivity index (χ0v) is 15.3. The van der Waals surface area contributed by atoms with Gasteiger partial charge in [-0.25, -0.2) is 4.79 Å². The Balaban J connectivity index is 1.57. The number of aromatic amines is 1. The van der Waals surface area contributed by atoms with Crippen LogP contribution in [0.25, 0.3) is 10.9 Å². The Kier molecular flexibility index (Phi) is 5.48. The van der Waals surface area contributed by atoms with Crippen molar-refractivity contribution in [3.8, 4) is 5.75 Å². The SMILES string of the molecule is CCOc1cccc2[nH]cc(CCNC(=O)N3CCC(N(C)C)C3)c12. The number of hydrogen-bond donors (Lipinski definition) is 2. The molecule has 1 aromatic carbocycles. The van der Waals surface area contributed by atoms with Crippen LogP contribution in [0.15, 0.2) is 24.4 Å². The van der Waals surface area contributed by atoms with Gasteiger partial charge in [0.1, 0.15) is 5.75 Å². The second-order valence-corrected chi connectivity index (χ2v) is 6.76. The van der Waals surface area contributed by atoms with Crippen LogP contribution in [0, 0.1) is 0 Å². The van der Waals surface area contributed by atoms with Crippen LogP contribution in [0.4, 0.5) is 4.79 Å². The van der Waals surface area contributed by atoms with E-state index >= 15 is 0 Å². The van der Waals surface area contributed by atoms with E-state index in [2.05, 4.69) is 29.3 Å². The molecule has 1 atom stereocenters. The van der Waals surface area contributed by atoms with Crippen LogP contribution in [-0.2, 0) is 6.42 Å². The van der Waals surface area contributed by atoms with Gasteiger partial charge in [0.05, 0.1) is 6.61 Å². The summed E-state index contributed by atoms with van der Waals surface area (Å²) in [6.45, 7) is 4.89. The molecule has 1 aliphatic rings. The van der Waals surface area contributed by atoms with Gasteiger partial charge in [-0.05, 0) is 51.6 Å². The van der Waals surface area contributed by atoms with E-state index in [0.717, 1.165) is 42.6 Å². The molecule has 0 spiro atoms. The summed E-state index contributed by atoms with van der Waals surface area (Å²) in [4.78, 5) is 19.7. The minimum absolute atomic E-state index is 0.0363. The van der Waals surface area contributed by atoms with Gasteiger partial charge in [-0.2, -0.15) is 0 Å². The van der Waals surface area contributed by atoms with Gasteiger partial charge in [-0.1, -0.05) is 6.07 Å². The van der Waals surface area contributed by atoms with Crippen molar-refractivity contribution in [2.24, 2.45) is 0 Å². The summed E-state index contributed by atoms with van der Waals surface area (Å²) in [6, 6.07) is 6.53. The molecule has 25 heavy (non-hydrogen) atoms. The number of aromatic nitrogens is 1. The third-order valence-electron chi connectivity index (χ3n) is 4.90. The first-order chi connectivity index (χ1) is 12.1. The molecule has 2 aromatic rings. The standard InChI is InChI=1S/C19H28N4O2/c1-4-25-17-7-5-6-16-18(17)14(12-21-16)8-10-20-19(24)23-11-9-15(13-23)22(2)3/h5-7,12,15,21H,4,8-11,13H2,1-3H3,(H,20,24). The molecule has 1 saturated heterocycles. The number of likely N-dealkylation sites (tertiary alicyclic amines) is 1. The lowest BCUT2D eigenvalue weighted by atomic mass is 10.1. The van der Waals surface area contributed by atoms with E-state index in [4.69, 9.17) is 4.74 Å². The van der Waals surface area contributed by atoms with Crippen molar-refractivity contribution >= 4 is 16.9 Å². The van der Waals surface area contributed by atoms with Gasteiger partial charge in [-0.15, -0.1) is 0 Å². The number of rotatable bonds is 6. The largest absolute Gasteiger partial charge is 0.493 e. The number of ether oxygens (including phenoxy) is 1. The molecule has 0 saturated carbocycles. The van der Waals surface area contributed by atoms with E-state index in [-0.39, 0.29) is 6.03 Å². The summed E-state index contributed by atoms with van der Waals surface area (Å²) in [5.74, 6) is 0.899. The first-order valence-electron chi connectivity index (χ1n) is 9.01. The highest BCUT2D eigenvalue weighted by molar-refractivity contribution is 5.89. The Hall–Kier alpha value is -2.21. The number of likely N-dealkylation sites (N-methyl/N-ethyl adjacent to an activating group) is 1. The smallest absolute Gasteiger partial charge is 0.317 e. The maximum absolute atomic E-state index is 12.3. The van der Waals surface area contributed by atoms with Gasteiger partial charge >= 0.3 is 6.03 Å². The van der Waals surface area contributed by atoms with Gasteiger partial charge in [0.25, 0.3) is 0 Å². The van der Waals surface area contributed by atoms with Gasteiger partial charge < -0.3 is 24.8 Å². The molecule has 1 aromatic heterocycles. The van der Waals surface area contributed by atoms with E-state index in [9.17, 15) is 4.79 Å². The topological polar surface area (TPSA) is 60.6 Å². The lowest BCUT2D eigenvalue weighted by Gasteiger charge is -2.20. The Labute approximate surface area is 149 Å². The predicted molar refractivity (Wildman–Crippen MR) is 100 cm³/mol. The molecule has 0 aliphatic carbocycles. The Morgan fingerprint density at radius 1 is 1.44 bits per heavy atom. The van der Waals surface area contributed by atoms with E-state index in [1.165, 1.54) is 5.56 Å². The lowest BCUT2D eigenvalue weighted by molar-refractivity contribution is 0.203. The predicted octanol–water partition coefficient (Wildman–Crippen LogP) is 2.45. The van der Waals surface area contributed by atoms with Gasteiger partial charge in [0.2, 0.25) is 0 Å². The number of amides is 2. The summed E-state index contributed by atoms with van der Waals surface area (Å²) >= 11 is 0. The monoisotopic (exact) mass is 344 g/mol. The Morgan fingerprint density at radius 2 is 2.28 bits per heavy atom. The normalized spacial score (nSPS) is 17.4. The maximum atomic E-state index is 12.3. The third kappa shape index (κ3) is 3.90. The molecule has 6 nitrogen and oxygen atoms in total. The van der Waals surface area contributed by atoms with Gasteiger partial charge in [0, 0.05) is 42.8 Å². The second kappa shape index (κ2) is 7.78. The fourth-order valence-electron chi connectivity index (χ4n) is 3.46. The summed E-state index contributed by atoms with van der Waals surface area (Å²) in [6.07, 6.45) is 3.83. The Bertz CT molecular complexity index is 725. The van der Waals surface area contributed by atoms with Crippen LogP contribution in [-0.4, -0.2) is 67.2 Å². The minimum Gasteiger partial charge on any atom is -0.493 e. The summed E-state index contributed by atoms with van der Waals surface area (Å²) in [7, 11) is 4.14. The summed E-state index contributed by atoms with van der Waals surface area (Å²) in [5, 5.41) is 4.17. The van der Waals surface area contributed by atoms with Crippen LogP contribution >= 0.6 is 0 Å². The molecule has 136 valence electrons. The van der Waals surface area contributed by atoms with Crippen molar-refractivity contribution in [3.63, 3.8) is 0 Å². The number of hydrogen-bond acceptors (Lipinski definition) is 3. The number of carbonyl (C=O) groups is 1. The number of nitrogens with one attached hydrogen (secondary N) is 2. The molecule has 2 heterocycles. The molecular weight excluding hydrogens is 316 g/mol. The first kappa shape index (κ1) is 17.6. The highest BCUT2D eigenvalue weighted by Crippen LogP contribution is 2.29. The van der Waals surface area contributed by atoms with E-state index in [1.54, 1.807) is 0 Å². The van der Waals surface area contributed by atoms with Crippen molar-refractivity contribution < 1.29 is 9.53 Å². The lowest BCUT2D eigenvalue weighted by Crippen LogP contribution is -2.41. The fourth-order valence-corrected chi connectivity index (χ4v) is 3.46. The van der Waals surface area contributed by atoms with Crippen LogP contribution in [0.2, 0.25) is 0 Å². The number of H-pyrrole nitrogens is 1. The number of carbonyl (C=O) groups excluding carboxylic acids is 1. The maximum Gasteiger partial charge on any atom is 0.317 e. The molecule has 0 radical (unpaired) electrons. The molecule has 6 heteroatoms. The van der Waals surface area contributed by atoms with Crippen molar-refractivity contribution in [2.45, 2.75) is 25.8 Å². The molecule has 0 bridgehead atoms. The fraction of sp³-hybridized carbons (Fsp3) is 0.526. The summed E-state index contributed by atoms with van der Waals surface area (Å²) < 4.78 is 5.74. The van der Waals surface area contributed by atoms with Crippen LogP contribution in [0.1, 0.15) is 18.9 Å². The number of fused-ring (bicyclic) bond motifs is 1. The van der Waals surface area contributed by atoms with Crippen molar-refractivity contribution in [1.29, 1.82) is 0 Å².